The Morgan fingerprint density at radius 2 is 1.09 bits per heavy atom. The summed E-state index contributed by atoms with van der Waals surface area (Å²) < 4.78 is 0.966. The zero-order chi connectivity index (χ0) is 16.0. The van der Waals surface area contributed by atoms with Gasteiger partial charge in [0.05, 0.1) is 0 Å². The van der Waals surface area contributed by atoms with Crippen LogP contribution in [0.4, 0.5) is 0 Å². The van der Waals surface area contributed by atoms with Crippen molar-refractivity contribution >= 4 is 34.2 Å². The third kappa shape index (κ3) is 2.23. The van der Waals surface area contributed by atoms with E-state index in [-0.39, 0.29) is 11.6 Å². The number of carbonyl (C=O) groups excluding carboxylic acids is 2. The van der Waals surface area contributed by atoms with Crippen molar-refractivity contribution < 1.29 is 9.59 Å². The molecule has 0 bridgehead atoms. The summed E-state index contributed by atoms with van der Waals surface area (Å²) in [6.45, 7) is 0. The van der Waals surface area contributed by atoms with Gasteiger partial charge in [-0.1, -0.05) is 54.6 Å². The van der Waals surface area contributed by atoms with Gasteiger partial charge in [0.1, 0.15) is 0 Å². The van der Waals surface area contributed by atoms with Crippen LogP contribution < -0.4 is 0 Å². The highest BCUT2D eigenvalue weighted by atomic mass is 127. The molecule has 0 atom stereocenters. The van der Waals surface area contributed by atoms with E-state index < -0.39 is 0 Å². The first-order valence-corrected chi connectivity index (χ1v) is 8.32. The highest BCUT2D eigenvalue weighted by Crippen LogP contribution is 2.34. The Labute approximate surface area is 147 Å². The number of ketones is 2. The fourth-order valence-corrected chi connectivity index (χ4v) is 3.74. The second-order valence-corrected chi connectivity index (χ2v) is 6.61. The molecular weight excluding hydrogens is 399 g/mol. The molecule has 0 N–H and O–H groups in total. The molecule has 4 rings (SSSR count). The summed E-state index contributed by atoms with van der Waals surface area (Å²) in [5.74, 6) is -0.156. The first kappa shape index (κ1) is 14.3. The van der Waals surface area contributed by atoms with E-state index >= 15 is 0 Å². The van der Waals surface area contributed by atoms with Crippen molar-refractivity contribution in [1.82, 2.24) is 0 Å². The van der Waals surface area contributed by atoms with E-state index in [1.54, 1.807) is 24.3 Å². The number of fused-ring (bicyclic) bond motifs is 2. The van der Waals surface area contributed by atoms with E-state index in [2.05, 4.69) is 22.6 Å². The van der Waals surface area contributed by atoms with Crippen molar-refractivity contribution in [1.29, 1.82) is 0 Å². The molecule has 0 aromatic heterocycles. The second-order valence-electron chi connectivity index (χ2n) is 5.45. The van der Waals surface area contributed by atoms with E-state index in [1.807, 2.05) is 42.5 Å². The molecule has 3 heteroatoms. The molecule has 110 valence electrons. The lowest BCUT2D eigenvalue weighted by Crippen LogP contribution is -2.21. The van der Waals surface area contributed by atoms with Crippen LogP contribution in [0.15, 0.2) is 66.7 Å². The van der Waals surface area contributed by atoms with Crippen LogP contribution in [0.3, 0.4) is 0 Å². The van der Waals surface area contributed by atoms with Crippen molar-refractivity contribution in [2.75, 3.05) is 0 Å². The smallest absolute Gasteiger partial charge is 0.194 e. The van der Waals surface area contributed by atoms with Crippen LogP contribution in [0.2, 0.25) is 0 Å². The van der Waals surface area contributed by atoms with E-state index in [4.69, 9.17) is 0 Å². The highest BCUT2D eigenvalue weighted by Gasteiger charge is 2.30. The number of halogens is 1. The Morgan fingerprint density at radius 1 is 0.565 bits per heavy atom. The number of carbonyl (C=O) groups is 2. The molecule has 0 fully saturated rings. The Bertz CT molecular complexity index is 959. The normalized spacial score (nSPS) is 12.7. The van der Waals surface area contributed by atoms with E-state index in [9.17, 15) is 9.59 Å². The quantitative estimate of drug-likeness (QED) is 0.425. The molecule has 3 aromatic rings. The molecule has 23 heavy (non-hydrogen) atoms. The Hall–Kier alpha value is -2.27. The van der Waals surface area contributed by atoms with Gasteiger partial charge in [0.25, 0.3) is 0 Å². The summed E-state index contributed by atoms with van der Waals surface area (Å²) >= 11 is 2.22. The average Bonchev–Trinajstić information content (AvgIpc) is 2.60. The van der Waals surface area contributed by atoms with Gasteiger partial charge in [0.2, 0.25) is 0 Å². The predicted octanol–water partition coefficient (Wildman–Crippen LogP) is 4.73. The SMILES string of the molecule is O=C1c2ccccc2C(=O)c2cc(-c3ccccc3)c(I)cc21. The van der Waals surface area contributed by atoms with Crippen LogP contribution in [0.5, 0.6) is 0 Å². The van der Waals surface area contributed by atoms with E-state index in [0.717, 1.165) is 14.7 Å². The van der Waals surface area contributed by atoms with Gasteiger partial charge in [-0.15, -0.1) is 0 Å². The van der Waals surface area contributed by atoms with Crippen LogP contribution in [0.25, 0.3) is 11.1 Å². The minimum Gasteiger partial charge on any atom is -0.289 e. The molecule has 0 radical (unpaired) electrons. The molecule has 0 aliphatic heterocycles. The molecule has 0 spiro atoms. The second kappa shape index (κ2) is 5.42. The summed E-state index contributed by atoms with van der Waals surface area (Å²) in [4.78, 5) is 25.5. The van der Waals surface area contributed by atoms with E-state index in [1.165, 1.54) is 0 Å². The number of hydrogen-bond donors (Lipinski definition) is 0. The average molecular weight is 410 g/mol. The van der Waals surface area contributed by atoms with Gasteiger partial charge in [-0.3, -0.25) is 9.59 Å². The number of benzene rings is 3. The molecule has 2 nitrogen and oxygen atoms in total. The van der Waals surface area contributed by atoms with Gasteiger partial charge in [-0.2, -0.15) is 0 Å². The lowest BCUT2D eigenvalue weighted by atomic mass is 9.83. The third-order valence-corrected chi connectivity index (χ3v) is 4.99. The van der Waals surface area contributed by atoms with Crippen molar-refractivity contribution in [3.05, 3.63) is 92.6 Å². The van der Waals surface area contributed by atoms with Crippen molar-refractivity contribution in [3.63, 3.8) is 0 Å². The molecule has 3 aromatic carbocycles. The van der Waals surface area contributed by atoms with Gasteiger partial charge in [0, 0.05) is 25.8 Å². The fraction of sp³-hybridized carbons (Fsp3) is 0. The third-order valence-electron chi connectivity index (χ3n) is 4.10. The van der Waals surface area contributed by atoms with Gasteiger partial charge in [-0.05, 0) is 45.9 Å². The first-order valence-electron chi connectivity index (χ1n) is 7.24. The van der Waals surface area contributed by atoms with Crippen LogP contribution in [-0.2, 0) is 0 Å². The molecule has 1 aliphatic carbocycles. The topological polar surface area (TPSA) is 34.1 Å². The summed E-state index contributed by atoms with van der Waals surface area (Å²) in [5.41, 5.74) is 3.99. The highest BCUT2D eigenvalue weighted by molar-refractivity contribution is 14.1. The summed E-state index contributed by atoms with van der Waals surface area (Å²) in [6, 6.07) is 20.6. The van der Waals surface area contributed by atoms with Crippen LogP contribution in [-0.4, -0.2) is 11.6 Å². The van der Waals surface area contributed by atoms with E-state index in [0.29, 0.717) is 22.3 Å². The maximum absolute atomic E-state index is 12.8. The van der Waals surface area contributed by atoms with Crippen LogP contribution in [0.1, 0.15) is 31.8 Å². The summed E-state index contributed by atoms with van der Waals surface area (Å²) in [5, 5.41) is 0. The van der Waals surface area contributed by atoms with Gasteiger partial charge < -0.3 is 0 Å². The van der Waals surface area contributed by atoms with Crippen molar-refractivity contribution in [3.8, 4) is 11.1 Å². The molecule has 0 amide bonds. The first-order chi connectivity index (χ1) is 11.2. The molecule has 0 unspecified atom stereocenters. The lowest BCUT2D eigenvalue weighted by molar-refractivity contribution is 0.0979. The van der Waals surface area contributed by atoms with Gasteiger partial charge in [-0.25, -0.2) is 0 Å². The standard InChI is InChI=1S/C20H11IO2/c21-18-11-17-16(10-15(18)12-6-2-1-3-7-12)19(22)13-8-4-5-9-14(13)20(17)23/h1-11H. The van der Waals surface area contributed by atoms with Crippen LogP contribution in [0, 0.1) is 3.57 Å². The largest absolute Gasteiger partial charge is 0.289 e. The molecule has 0 saturated carbocycles. The minimum atomic E-state index is -0.0798. The maximum atomic E-state index is 12.8. The Kier molecular flexibility index (Phi) is 3.38. The molecule has 1 aliphatic rings. The predicted molar refractivity (Wildman–Crippen MR) is 97.9 cm³/mol. The Morgan fingerprint density at radius 3 is 1.70 bits per heavy atom. The Balaban J connectivity index is 1.96. The summed E-state index contributed by atoms with van der Waals surface area (Å²) in [6.07, 6.45) is 0. The zero-order valence-corrected chi connectivity index (χ0v) is 14.2. The number of hydrogen-bond acceptors (Lipinski definition) is 2. The molecule has 0 heterocycles. The maximum Gasteiger partial charge on any atom is 0.194 e. The monoisotopic (exact) mass is 410 g/mol. The van der Waals surface area contributed by atoms with Crippen molar-refractivity contribution in [2.24, 2.45) is 0 Å². The fourth-order valence-electron chi connectivity index (χ4n) is 2.96. The van der Waals surface area contributed by atoms with Gasteiger partial charge in [0.15, 0.2) is 11.6 Å². The van der Waals surface area contributed by atoms with Crippen molar-refractivity contribution in [2.45, 2.75) is 0 Å². The zero-order valence-electron chi connectivity index (χ0n) is 12.0. The minimum absolute atomic E-state index is 0.0762. The van der Waals surface area contributed by atoms with Gasteiger partial charge >= 0.3 is 0 Å². The molecular formula is C20H11IO2. The number of rotatable bonds is 1. The van der Waals surface area contributed by atoms with Crippen LogP contribution >= 0.6 is 22.6 Å². The summed E-state index contributed by atoms with van der Waals surface area (Å²) in [7, 11) is 0. The molecule has 0 saturated heterocycles. The lowest BCUT2D eigenvalue weighted by Gasteiger charge is -2.19.